The number of likely N-dealkylation sites (tertiary alicyclic amines) is 1. The highest BCUT2D eigenvalue weighted by Gasteiger charge is 2.25. The number of piperidine rings is 1. The summed E-state index contributed by atoms with van der Waals surface area (Å²) in [5, 5.41) is 0.376. The average Bonchev–Trinajstić information content (AvgIpc) is 2.68. The predicted molar refractivity (Wildman–Crippen MR) is 110 cm³/mol. The lowest BCUT2D eigenvalue weighted by Gasteiger charge is -2.33. The van der Waals surface area contributed by atoms with Crippen LogP contribution >= 0.6 is 11.6 Å². The van der Waals surface area contributed by atoms with Gasteiger partial charge in [-0.1, -0.05) is 17.7 Å². The van der Waals surface area contributed by atoms with Crippen molar-refractivity contribution in [3.05, 3.63) is 53.1 Å². The maximum absolute atomic E-state index is 12.9. The van der Waals surface area contributed by atoms with Crippen molar-refractivity contribution in [2.45, 2.75) is 37.1 Å². The van der Waals surface area contributed by atoms with Crippen molar-refractivity contribution in [1.29, 1.82) is 0 Å². The number of carbonyl (C=O) groups excluding carboxylic acids is 1. The zero-order chi connectivity index (χ0) is 20.3. The summed E-state index contributed by atoms with van der Waals surface area (Å²) in [5.74, 6) is 0.201. The first-order chi connectivity index (χ1) is 13.3. The van der Waals surface area contributed by atoms with E-state index in [9.17, 15) is 13.2 Å². The number of amides is 1. The number of rotatable bonds is 5. The van der Waals surface area contributed by atoms with E-state index in [0.717, 1.165) is 19.3 Å². The van der Waals surface area contributed by atoms with E-state index < -0.39 is 10.0 Å². The number of halogens is 1. The van der Waals surface area contributed by atoms with Gasteiger partial charge in [0.05, 0.1) is 17.7 Å². The first kappa shape index (κ1) is 20.5. The molecule has 0 spiro atoms. The number of nitrogens with zero attached hydrogens (tertiary/aromatic N) is 1. The third kappa shape index (κ3) is 4.42. The smallest absolute Gasteiger partial charge is 0.262 e. The van der Waals surface area contributed by atoms with Gasteiger partial charge in [0, 0.05) is 23.2 Å². The molecule has 1 N–H and O–H groups in total. The predicted octanol–water partition coefficient (Wildman–Crippen LogP) is 4.16. The van der Waals surface area contributed by atoms with Crippen molar-refractivity contribution in [2.24, 2.45) is 0 Å². The molecule has 1 atom stereocenters. The molecule has 28 heavy (non-hydrogen) atoms. The van der Waals surface area contributed by atoms with E-state index in [4.69, 9.17) is 16.3 Å². The van der Waals surface area contributed by atoms with Crippen molar-refractivity contribution in [3.63, 3.8) is 0 Å². The Hall–Kier alpha value is -2.25. The molecule has 0 aliphatic carbocycles. The molecule has 0 saturated carbocycles. The Kier molecular flexibility index (Phi) is 6.15. The lowest BCUT2D eigenvalue weighted by molar-refractivity contribution is 0.0635. The second-order valence-electron chi connectivity index (χ2n) is 6.82. The number of nitrogens with one attached hydrogen (secondary N) is 1. The Balaban J connectivity index is 1.88. The molecule has 8 heteroatoms. The van der Waals surface area contributed by atoms with Crippen LogP contribution in [0.4, 0.5) is 5.69 Å². The van der Waals surface area contributed by atoms with Gasteiger partial charge in [-0.2, -0.15) is 0 Å². The summed E-state index contributed by atoms with van der Waals surface area (Å²) in [6, 6.07) is 10.9. The van der Waals surface area contributed by atoms with Gasteiger partial charge < -0.3 is 9.64 Å². The molecule has 6 nitrogen and oxygen atoms in total. The Morgan fingerprint density at radius 3 is 2.71 bits per heavy atom. The molecule has 1 amide bonds. The molecular formula is C20H23ClN2O4S. The van der Waals surface area contributed by atoms with E-state index in [-0.39, 0.29) is 22.5 Å². The number of hydrogen-bond donors (Lipinski definition) is 1. The number of methoxy groups -OCH3 is 1. The number of anilines is 1. The maximum Gasteiger partial charge on any atom is 0.262 e. The van der Waals surface area contributed by atoms with Crippen LogP contribution in [0.2, 0.25) is 5.02 Å². The summed E-state index contributed by atoms with van der Waals surface area (Å²) in [6.45, 7) is 2.71. The van der Waals surface area contributed by atoms with Crippen molar-refractivity contribution in [3.8, 4) is 5.75 Å². The molecule has 0 aromatic heterocycles. The largest absolute Gasteiger partial charge is 0.495 e. The van der Waals surface area contributed by atoms with Crippen molar-refractivity contribution in [2.75, 3.05) is 18.4 Å². The summed E-state index contributed by atoms with van der Waals surface area (Å²) in [4.78, 5) is 14.7. The standard InChI is InChI=1S/C20H23ClN2O4S/c1-14-6-3-4-11-23(14)20(24)15-7-5-8-17(12-15)28(25,26)22-18-13-16(21)9-10-19(18)27-2/h5,7-10,12-14,22H,3-4,6,11H2,1-2H3/t14-/m0/s1. The first-order valence-electron chi connectivity index (χ1n) is 9.09. The molecule has 0 radical (unpaired) electrons. The van der Waals surface area contributed by atoms with Gasteiger partial charge in [0.2, 0.25) is 0 Å². The van der Waals surface area contributed by atoms with E-state index >= 15 is 0 Å². The third-order valence-corrected chi connectivity index (χ3v) is 6.46. The van der Waals surface area contributed by atoms with E-state index in [0.29, 0.717) is 22.9 Å². The molecule has 150 valence electrons. The molecule has 2 aromatic carbocycles. The van der Waals surface area contributed by atoms with E-state index in [1.54, 1.807) is 24.3 Å². The van der Waals surface area contributed by atoms with Crippen LogP contribution in [0.3, 0.4) is 0 Å². The van der Waals surface area contributed by atoms with E-state index in [2.05, 4.69) is 4.72 Å². The van der Waals surface area contributed by atoms with Crippen LogP contribution in [0, 0.1) is 0 Å². The van der Waals surface area contributed by atoms with Gasteiger partial charge in [-0.25, -0.2) is 8.42 Å². The van der Waals surface area contributed by atoms with Crippen LogP contribution < -0.4 is 9.46 Å². The van der Waals surface area contributed by atoms with Crippen LogP contribution in [0.25, 0.3) is 0 Å². The van der Waals surface area contributed by atoms with Crippen LogP contribution in [-0.4, -0.2) is 38.9 Å². The summed E-state index contributed by atoms with van der Waals surface area (Å²) < 4.78 is 33.4. The third-order valence-electron chi connectivity index (χ3n) is 4.86. The molecule has 1 fully saturated rings. The van der Waals surface area contributed by atoms with Crippen molar-refractivity contribution < 1.29 is 17.9 Å². The van der Waals surface area contributed by atoms with E-state index in [1.807, 2.05) is 11.8 Å². The van der Waals surface area contributed by atoms with Crippen molar-refractivity contribution in [1.82, 2.24) is 4.90 Å². The van der Waals surface area contributed by atoms with Gasteiger partial charge in [0.15, 0.2) is 0 Å². The zero-order valence-electron chi connectivity index (χ0n) is 15.8. The van der Waals surface area contributed by atoms with Gasteiger partial charge in [-0.3, -0.25) is 9.52 Å². The summed E-state index contributed by atoms with van der Waals surface area (Å²) in [6.07, 6.45) is 3.02. The zero-order valence-corrected chi connectivity index (χ0v) is 17.4. The Bertz CT molecular complexity index is 978. The van der Waals surface area contributed by atoms with Crippen LogP contribution in [-0.2, 0) is 10.0 Å². The molecule has 1 aliphatic heterocycles. The Morgan fingerprint density at radius 2 is 2.00 bits per heavy atom. The SMILES string of the molecule is COc1ccc(Cl)cc1NS(=O)(=O)c1cccc(C(=O)N2CCCC[C@@H]2C)c1. The van der Waals surface area contributed by atoms with Gasteiger partial charge in [-0.15, -0.1) is 0 Å². The minimum absolute atomic E-state index is 0.00467. The van der Waals surface area contributed by atoms with Crippen LogP contribution in [0.1, 0.15) is 36.5 Å². The second-order valence-corrected chi connectivity index (χ2v) is 8.94. The molecule has 0 bridgehead atoms. The van der Waals surface area contributed by atoms with E-state index in [1.165, 1.54) is 25.3 Å². The quantitative estimate of drug-likeness (QED) is 0.784. The lowest BCUT2D eigenvalue weighted by atomic mass is 10.0. The van der Waals surface area contributed by atoms with Crippen LogP contribution in [0.15, 0.2) is 47.4 Å². The molecule has 1 aliphatic rings. The van der Waals surface area contributed by atoms with Crippen LogP contribution in [0.5, 0.6) is 5.75 Å². The normalized spacial score (nSPS) is 17.2. The highest BCUT2D eigenvalue weighted by Crippen LogP contribution is 2.30. The lowest BCUT2D eigenvalue weighted by Crippen LogP contribution is -2.42. The number of ether oxygens (including phenoxy) is 1. The number of carbonyl (C=O) groups is 1. The van der Waals surface area contributed by atoms with Crippen molar-refractivity contribution >= 4 is 33.2 Å². The maximum atomic E-state index is 12.9. The number of benzene rings is 2. The minimum Gasteiger partial charge on any atom is -0.495 e. The molecule has 1 saturated heterocycles. The topological polar surface area (TPSA) is 75.7 Å². The number of hydrogen-bond acceptors (Lipinski definition) is 4. The minimum atomic E-state index is -3.92. The monoisotopic (exact) mass is 422 g/mol. The fourth-order valence-electron chi connectivity index (χ4n) is 3.33. The van der Waals surface area contributed by atoms with Gasteiger partial charge in [0.25, 0.3) is 15.9 Å². The average molecular weight is 423 g/mol. The van der Waals surface area contributed by atoms with Gasteiger partial charge in [-0.05, 0) is 62.6 Å². The molecule has 1 heterocycles. The summed E-state index contributed by atoms with van der Waals surface area (Å²) >= 11 is 5.97. The van der Waals surface area contributed by atoms with Gasteiger partial charge >= 0.3 is 0 Å². The molecule has 3 rings (SSSR count). The molecule has 0 unspecified atom stereocenters. The first-order valence-corrected chi connectivity index (χ1v) is 11.0. The summed E-state index contributed by atoms with van der Waals surface area (Å²) in [7, 11) is -2.48. The summed E-state index contributed by atoms with van der Waals surface area (Å²) in [5.41, 5.74) is 0.589. The second kappa shape index (κ2) is 8.41. The highest BCUT2D eigenvalue weighted by molar-refractivity contribution is 7.92. The molecule has 2 aromatic rings. The highest BCUT2D eigenvalue weighted by atomic mass is 35.5. The molecular weight excluding hydrogens is 400 g/mol. The fourth-order valence-corrected chi connectivity index (χ4v) is 4.60. The van der Waals surface area contributed by atoms with Gasteiger partial charge in [0.1, 0.15) is 5.75 Å². The Labute approximate surface area is 170 Å². The Morgan fingerprint density at radius 1 is 1.21 bits per heavy atom. The number of sulfonamides is 1. The fraction of sp³-hybridized carbons (Fsp3) is 0.350.